The summed E-state index contributed by atoms with van der Waals surface area (Å²) in [6, 6.07) is 3.69. The fourth-order valence-electron chi connectivity index (χ4n) is 0.372. The summed E-state index contributed by atoms with van der Waals surface area (Å²) in [6.45, 7) is 0. The molecule has 0 aliphatic rings. The molecular weight excluding hydrogens is 292 g/mol. The van der Waals surface area contributed by atoms with Gasteiger partial charge in [-0.1, -0.05) is 12.2 Å². The first-order valence-corrected chi connectivity index (χ1v) is 2.43. The fourth-order valence-corrected chi connectivity index (χ4v) is 0.508. The molecule has 1 N–H and O–H groups in total. The van der Waals surface area contributed by atoms with Gasteiger partial charge in [0, 0.05) is 37.3 Å². The summed E-state index contributed by atoms with van der Waals surface area (Å²) in [5.74, 6) is 0. The Morgan fingerprint density at radius 2 is 1.75 bits per heavy atom. The van der Waals surface area contributed by atoms with Crippen molar-refractivity contribution >= 4 is 12.2 Å². The molecule has 0 spiro atoms. The van der Waals surface area contributed by atoms with E-state index in [1.165, 1.54) is 0 Å². The zero-order valence-corrected chi connectivity index (χ0v) is 7.63. The average Bonchev–Trinajstić information content (AvgIpc) is 1.69. The van der Waals surface area contributed by atoms with Gasteiger partial charge in [-0.3, -0.25) is 0 Å². The van der Waals surface area contributed by atoms with Crippen LogP contribution in [0, 0.1) is 4.51 Å². The molecule has 0 aromatic carbocycles. The minimum Gasteiger partial charge on any atom is -0.368 e. The Morgan fingerprint density at radius 1 is 1.25 bits per heavy atom. The van der Waals surface area contributed by atoms with Crippen molar-refractivity contribution in [3.8, 4) is 0 Å². The molecular formula is C5H5NReS. The second kappa shape index (κ2) is 3.97. The van der Waals surface area contributed by atoms with Gasteiger partial charge in [0.15, 0.2) is 0 Å². The predicted octanol–water partition coefficient (Wildman–Crippen LogP) is 1.74. The van der Waals surface area contributed by atoms with Crippen LogP contribution in [0.25, 0.3) is 0 Å². The fraction of sp³-hybridized carbons (Fsp3) is 0. The van der Waals surface area contributed by atoms with Gasteiger partial charge in [-0.05, 0) is 12.1 Å². The summed E-state index contributed by atoms with van der Waals surface area (Å²) in [4.78, 5) is 2.87. The predicted molar refractivity (Wildman–Crippen MR) is 31.6 cm³/mol. The Labute approximate surface area is 66.8 Å². The quantitative estimate of drug-likeness (QED) is 0.721. The molecule has 3 heteroatoms. The van der Waals surface area contributed by atoms with Crippen LogP contribution in [0.2, 0.25) is 0 Å². The van der Waals surface area contributed by atoms with Crippen LogP contribution in [0.15, 0.2) is 24.5 Å². The number of aromatic nitrogens is 1. The first-order valence-electron chi connectivity index (χ1n) is 2.03. The third-order valence-corrected chi connectivity index (χ3v) is 0.960. The van der Waals surface area contributed by atoms with E-state index in [0.29, 0.717) is 0 Å². The van der Waals surface area contributed by atoms with Crippen molar-refractivity contribution in [3.63, 3.8) is 0 Å². The SMILES string of the molecule is S=c1cc[nH]cc1.[Re]. The van der Waals surface area contributed by atoms with Crippen molar-refractivity contribution < 1.29 is 20.4 Å². The normalized spacial score (nSPS) is 7.50. The molecule has 0 fully saturated rings. The molecule has 1 radical (unpaired) electrons. The van der Waals surface area contributed by atoms with Crippen LogP contribution < -0.4 is 0 Å². The maximum Gasteiger partial charge on any atom is 0.0406 e. The summed E-state index contributed by atoms with van der Waals surface area (Å²) in [7, 11) is 0. The number of pyridine rings is 1. The Balaban J connectivity index is 0.000000490. The summed E-state index contributed by atoms with van der Waals surface area (Å²) in [5.41, 5.74) is 0. The van der Waals surface area contributed by atoms with Crippen molar-refractivity contribution in [2.45, 2.75) is 0 Å². The molecule has 0 aliphatic heterocycles. The minimum atomic E-state index is 0. The van der Waals surface area contributed by atoms with E-state index >= 15 is 0 Å². The van der Waals surface area contributed by atoms with Crippen LogP contribution in [0.5, 0.6) is 0 Å². The number of nitrogens with one attached hydrogen (secondary N) is 1. The van der Waals surface area contributed by atoms with Gasteiger partial charge >= 0.3 is 0 Å². The molecule has 0 saturated carbocycles. The summed E-state index contributed by atoms with van der Waals surface area (Å²) >= 11 is 4.79. The Morgan fingerprint density at radius 3 is 2.00 bits per heavy atom. The maximum atomic E-state index is 4.79. The van der Waals surface area contributed by atoms with Crippen LogP contribution in [0.3, 0.4) is 0 Å². The summed E-state index contributed by atoms with van der Waals surface area (Å²) < 4.78 is 0.874. The summed E-state index contributed by atoms with van der Waals surface area (Å²) in [6.07, 6.45) is 3.62. The van der Waals surface area contributed by atoms with Gasteiger partial charge in [-0.2, -0.15) is 0 Å². The Bertz CT molecular complexity index is 178. The standard InChI is InChI=1S/C5H5NS.Re/c7-5-1-3-6-4-2-5;/h1-4H,(H,6,7);. The van der Waals surface area contributed by atoms with Gasteiger partial charge in [0.1, 0.15) is 0 Å². The van der Waals surface area contributed by atoms with E-state index in [1.54, 1.807) is 0 Å². The molecule has 43 valence electrons. The van der Waals surface area contributed by atoms with Crippen LogP contribution >= 0.6 is 12.2 Å². The molecule has 0 amide bonds. The van der Waals surface area contributed by atoms with Crippen LogP contribution in [0.1, 0.15) is 0 Å². The van der Waals surface area contributed by atoms with E-state index in [2.05, 4.69) is 4.98 Å². The van der Waals surface area contributed by atoms with Crippen LogP contribution in [0.4, 0.5) is 0 Å². The second-order valence-corrected chi connectivity index (χ2v) is 1.71. The first kappa shape index (κ1) is 8.03. The molecule has 1 heterocycles. The molecule has 1 rings (SSSR count). The molecule has 1 aromatic rings. The van der Waals surface area contributed by atoms with E-state index in [-0.39, 0.29) is 20.4 Å². The van der Waals surface area contributed by atoms with Gasteiger partial charge in [-0.15, -0.1) is 0 Å². The number of H-pyrrole nitrogens is 1. The molecule has 0 bridgehead atoms. The van der Waals surface area contributed by atoms with Crippen LogP contribution in [-0.4, -0.2) is 4.98 Å². The molecule has 0 aliphatic carbocycles. The van der Waals surface area contributed by atoms with Crippen molar-refractivity contribution in [2.24, 2.45) is 0 Å². The zero-order chi connectivity index (χ0) is 5.11. The molecule has 0 atom stereocenters. The van der Waals surface area contributed by atoms with Gasteiger partial charge in [0.2, 0.25) is 0 Å². The molecule has 0 unspecified atom stereocenters. The Kier molecular flexibility index (Phi) is 3.98. The Hall–Kier alpha value is 0.0323. The third kappa shape index (κ3) is 2.37. The van der Waals surface area contributed by atoms with Crippen molar-refractivity contribution in [1.29, 1.82) is 0 Å². The molecule has 1 nitrogen and oxygen atoms in total. The number of hydrogen-bond acceptors (Lipinski definition) is 1. The van der Waals surface area contributed by atoms with Crippen LogP contribution in [-0.2, 0) is 20.4 Å². The largest absolute Gasteiger partial charge is 0.368 e. The van der Waals surface area contributed by atoms with Crippen molar-refractivity contribution in [3.05, 3.63) is 29.0 Å². The van der Waals surface area contributed by atoms with E-state index in [4.69, 9.17) is 12.2 Å². The van der Waals surface area contributed by atoms with Crippen molar-refractivity contribution in [2.75, 3.05) is 0 Å². The third-order valence-electron chi connectivity index (χ3n) is 0.688. The zero-order valence-electron chi connectivity index (χ0n) is 4.10. The molecule has 1 aromatic heterocycles. The van der Waals surface area contributed by atoms with Crippen molar-refractivity contribution in [1.82, 2.24) is 4.98 Å². The van der Waals surface area contributed by atoms with E-state index in [1.807, 2.05) is 24.5 Å². The van der Waals surface area contributed by atoms with Gasteiger partial charge in [-0.25, -0.2) is 0 Å². The van der Waals surface area contributed by atoms with Gasteiger partial charge in [0.25, 0.3) is 0 Å². The number of aromatic amines is 1. The molecule has 0 saturated heterocycles. The van der Waals surface area contributed by atoms with Gasteiger partial charge < -0.3 is 4.98 Å². The topological polar surface area (TPSA) is 15.8 Å². The molecule has 8 heavy (non-hydrogen) atoms. The van der Waals surface area contributed by atoms with E-state index < -0.39 is 0 Å². The first-order chi connectivity index (χ1) is 3.39. The minimum absolute atomic E-state index is 0. The maximum absolute atomic E-state index is 4.79. The number of rotatable bonds is 0. The number of hydrogen-bond donors (Lipinski definition) is 1. The van der Waals surface area contributed by atoms with E-state index in [0.717, 1.165) is 4.51 Å². The average molecular weight is 297 g/mol. The van der Waals surface area contributed by atoms with Gasteiger partial charge in [0.05, 0.1) is 0 Å². The second-order valence-electron chi connectivity index (χ2n) is 1.24. The smallest absolute Gasteiger partial charge is 0.0406 e. The van der Waals surface area contributed by atoms with E-state index in [9.17, 15) is 0 Å². The monoisotopic (exact) mass is 298 g/mol. The summed E-state index contributed by atoms with van der Waals surface area (Å²) in [5, 5.41) is 0.